The van der Waals surface area contributed by atoms with Gasteiger partial charge in [0.25, 0.3) is 11.8 Å². The summed E-state index contributed by atoms with van der Waals surface area (Å²) >= 11 is 6.05. The van der Waals surface area contributed by atoms with E-state index in [1.54, 1.807) is 29.7 Å². The van der Waals surface area contributed by atoms with E-state index in [1.165, 1.54) is 25.1 Å². The smallest absolute Gasteiger partial charge is 0.333 e. The minimum Gasteiger partial charge on any atom is -0.451 e. The number of fused-ring (bicyclic) bond motifs is 1. The van der Waals surface area contributed by atoms with Crippen LogP contribution in [0.3, 0.4) is 0 Å². The molecule has 43 heavy (non-hydrogen) atoms. The molecule has 0 spiro atoms. The highest BCUT2D eigenvalue weighted by Crippen LogP contribution is 2.28. The molecule has 11 nitrogen and oxygen atoms in total. The number of halogens is 1. The van der Waals surface area contributed by atoms with E-state index in [-0.39, 0.29) is 41.7 Å². The fourth-order valence-corrected chi connectivity index (χ4v) is 5.78. The van der Waals surface area contributed by atoms with E-state index in [0.29, 0.717) is 34.2 Å². The lowest BCUT2D eigenvalue weighted by molar-refractivity contribution is 0.0917. The van der Waals surface area contributed by atoms with Crippen LogP contribution in [0.5, 0.6) is 0 Å². The molecule has 12 heteroatoms. The molecule has 5 aromatic rings. The van der Waals surface area contributed by atoms with Gasteiger partial charge in [-0.3, -0.25) is 23.7 Å². The standard InChI is InChI=1S/C31H30ClN7O4/c1-19-25(12-21(32)13-33-19)29(40)37-22-8-6-20(7-9-22)16-38-27-4-2-3-5-28(27)39(31(38)42)24-10-11-26(34-15-24)30(41)35-14-23-17-43-18-36-23/h2-5,10-13,15,17-18,20,22H,6-9,14,16H2,1H3,(H,35,41)(H,37,40)/t20-,22-. The predicted octanol–water partition coefficient (Wildman–Crippen LogP) is 4.45. The van der Waals surface area contributed by atoms with E-state index in [9.17, 15) is 14.4 Å². The van der Waals surface area contributed by atoms with Crippen LogP contribution in [0.1, 0.15) is 57.9 Å². The van der Waals surface area contributed by atoms with Gasteiger partial charge in [-0.2, -0.15) is 0 Å². The van der Waals surface area contributed by atoms with Gasteiger partial charge in [0.15, 0.2) is 6.39 Å². The highest BCUT2D eigenvalue weighted by Gasteiger charge is 2.26. The molecular formula is C31H30ClN7O4. The number of aromatic nitrogens is 5. The van der Waals surface area contributed by atoms with Crippen molar-refractivity contribution < 1.29 is 14.0 Å². The number of nitrogens with one attached hydrogen (secondary N) is 2. The van der Waals surface area contributed by atoms with E-state index >= 15 is 0 Å². The van der Waals surface area contributed by atoms with Gasteiger partial charge in [-0.1, -0.05) is 23.7 Å². The summed E-state index contributed by atoms with van der Waals surface area (Å²) < 4.78 is 8.37. The second-order valence-electron chi connectivity index (χ2n) is 10.8. The number of aryl methyl sites for hydroxylation is 1. The number of amides is 2. The summed E-state index contributed by atoms with van der Waals surface area (Å²) in [7, 11) is 0. The fraction of sp³-hybridized carbons (Fsp3) is 0.290. The zero-order chi connectivity index (χ0) is 29.9. The number of carbonyl (C=O) groups excluding carboxylic acids is 2. The Labute approximate surface area is 251 Å². The normalized spacial score (nSPS) is 16.7. The van der Waals surface area contributed by atoms with E-state index in [2.05, 4.69) is 25.6 Å². The molecule has 1 fully saturated rings. The molecule has 0 bridgehead atoms. The van der Waals surface area contributed by atoms with Gasteiger partial charge in [-0.25, -0.2) is 14.8 Å². The summed E-state index contributed by atoms with van der Waals surface area (Å²) in [4.78, 5) is 51.6. The summed E-state index contributed by atoms with van der Waals surface area (Å²) in [6.07, 6.45) is 9.23. The van der Waals surface area contributed by atoms with Crippen LogP contribution in [0.2, 0.25) is 5.02 Å². The monoisotopic (exact) mass is 599 g/mol. The van der Waals surface area contributed by atoms with Crippen molar-refractivity contribution in [3.05, 3.63) is 106 Å². The van der Waals surface area contributed by atoms with Gasteiger partial charge in [0.2, 0.25) is 0 Å². The van der Waals surface area contributed by atoms with Crippen molar-refractivity contribution in [1.82, 2.24) is 34.7 Å². The number of carbonyl (C=O) groups is 2. The Bertz CT molecular complexity index is 1820. The van der Waals surface area contributed by atoms with Gasteiger partial charge in [-0.05, 0) is 68.9 Å². The topological polar surface area (TPSA) is 137 Å². The average molecular weight is 600 g/mol. The van der Waals surface area contributed by atoms with Crippen molar-refractivity contribution in [3.8, 4) is 5.69 Å². The molecule has 4 heterocycles. The molecule has 0 atom stereocenters. The summed E-state index contributed by atoms with van der Waals surface area (Å²) in [5.74, 6) is -0.230. The minimum atomic E-state index is -0.351. The molecule has 2 N–H and O–H groups in total. The Morgan fingerprint density at radius 1 is 1.00 bits per heavy atom. The highest BCUT2D eigenvalue weighted by molar-refractivity contribution is 6.30. The van der Waals surface area contributed by atoms with Crippen LogP contribution in [-0.4, -0.2) is 41.9 Å². The van der Waals surface area contributed by atoms with Crippen LogP contribution < -0.4 is 16.3 Å². The predicted molar refractivity (Wildman–Crippen MR) is 160 cm³/mol. The first kappa shape index (κ1) is 28.4. The SMILES string of the molecule is Cc1ncc(Cl)cc1C(=O)N[C@H]1CC[C@H](Cn2c(=O)n(-c3ccc(C(=O)NCc4cocn4)nc3)c3ccccc32)CC1. The van der Waals surface area contributed by atoms with Gasteiger partial charge in [0.1, 0.15) is 12.0 Å². The number of pyridine rings is 2. The van der Waals surface area contributed by atoms with Gasteiger partial charge in [0, 0.05) is 18.8 Å². The van der Waals surface area contributed by atoms with E-state index in [0.717, 1.165) is 36.7 Å². The highest BCUT2D eigenvalue weighted by atomic mass is 35.5. The average Bonchev–Trinajstić information content (AvgIpc) is 3.64. The Balaban J connectivity index is 1.14. The van der Waals surface area contributed by atoms with E-state index in [4.69, 9.17) is 16.0 Å². The third-order valence-corrected chi connectivity index (χ3v) is 8.12. The van der Waals surface area contributed by atoms with Crippen LogP contribution in [0.15, 0.2) is 76.7 Å². The maximum absolute atomic E-state index is 13.8. The minimum absolute atomic E-state index is 0.0536. The first-order chi connectivity index (χ1) is 20.9. The lowest BCUT2D eigenvalue weighted by Crippen LogP contribution is -2.39. The summed E-state index contributed by atoms with van der Waals surface area (Å²) in [5.41, 5.74) is 3.98. The Morgan fingerprint density at radius 2 is 1.79 bits per heavy atom. The van der Waals surface area contributed by atoms with Crippen LogP contribution >= 0.6 is 11.6 Å². The van der Waals surface area contributed by atoms with Crippen molar-refractivity contribution in [2.24, 2.45) is 5.92 Å². The summed E-state index contributed by atoms with van der Waals surface area (Å²) in [6, 6.07) is 12.7. The number of oxazole rings is 1. The molecular weight excluding hydrogens is 570 g/mol. The maximum Gasteiger partial charge on any atom is 0.333 e. The third-order valence-electron chi connectivity index (χ3n) is 7.91. The van der Waals surface area contributed by atoms with Crippen molar-refractivity contribution in [3.63, 3.8) is 0 Å². The molecule has 6 rings (SSSR count). The van der Waals surface area contributed by atoms with Crippen LogP contribution in [0.25, 0.3) is 16.7 Å². The fourth-order valence-electron chi connectivity index (χ4n) is 5.62. The Hall–Kier alpha value is -4.77. The maximum atomic E-state index is 13.8. The Morgan fingerprint density at radius 3 is 2.51 bits per heavy atom. The lowest BCUT2D eigenvalue weighted by atomic mass is 9.85. The zero-order valence-corrected chi connectivity index (χ0v) is 24.3. The molecule has 2 amide bonds. The van der Waals surface area contributed by atoms with Crippen molar-refractivity contribution in [2.75, 3.05) is 0 Å². The lowest BCUT2D eigenvalue weighted by Gasteiger charge is -2.29. The first-order valence-corrected chi connectivity index (χ1v) is 14.5. The number of benzene rings is 1. The number of hydrogen-bond acceptors (Lipinski definition) is 7. The summed E-state index contributed by atoms with van der Waals surface area (Å²) in [5, 5.41) is 6.31. The molecule has 4 aromatic heterocycles. The first-order valence-electron chi connectivity index (χ1n) is 14.1. The number of imidazole rings is 1. The van der Waals surface area contributed by atoms with Gasteiger partial charge >= 0.3 is 5.69 Å². The molecule has 0 aliphatic heterocycles. The molecule has 0 saturated heterocycles. The second-order valence-corrected chi connectivity index (χ2v) is 11.2. The Kier molecular flexibility index (Phi) is 8.06. The zero-order valence-electron chi connectivity index (χ0n) is 23.5. The molecule has 1 aliphatic carbocycles. The molecule has 1 saturated carbocycles. The summed E-state index contributed by atoms with van der Waals surface area (Å²) in [6.45, 7) is 2.58. The van der Waals surface area contributed by atoms with Crippen LogP contribution in [0, 0.1) is 12.8 Å². The second kappa shape index (κ2) is 12.2. The van der Waals surface area contributed by atoms with Gasteiger partial charge in [-0.15, -0.1) is 0 Å². The number of hydrogen-bond donors (Lipinski definition) is 2. The van der Waals surface area contributed by atoms with E-state index in [1.807, 2.05) is 28.8 Å². The van der Waals surface area contributed by atoms with Crippen molar-refractivity contribution in [1.29, 1.82) is 0 Å². The molecule has 1 aliphatic rings. The van der Waals surface area contributed by atoms with Gasteiger partial charge < -0.3 is 15.1 Å². The van der Waals surface area contributed by atoms with Crippen molar-refractivity contribution in [2.45, 2.75) is 51.7 Å². The van der Waals surface area contributed by atoms with Crippen LogP contribution in [0.4, 0.5) is 0 Å². The number of nitrogens with zero attached hydrogens (tertiary/aromatic N) is 5. The molecule has 0 unspecified atom stereocenters. The quantitative estimate of drug-likeness (QED) is 0.269. The third kappa shape index (κ3) is 6.07. The number of rotatable bonds is 8. The van der Waals surface area contributed by atoms with Crippen LogP contribution in [-0.2, 0) is 13.1 Å². The molecule has 220 valence electrons. The molecule has 1 aromatic carbocycles. The number of para-hydroxylation sites is 2. The molecule has 0 radical (unpaired) electrons. The largest absolute Gasteiger partial charge is 0.451 e. The van der Waals surface area contributed by atoms with Crippen molar-refractivity contribution >= 4 is 34.4 Å². The van der Waals surface area contributed by atoms with Gasteiger partial charge in [0.05, 0.1) is 51.4 Å². The van der Waals surface area contributed by atoms with E-state index < -0.39 is 0 Å².